The second kappa shape index (κ2) is 5.46. The highest BCUT2D eigenvalue weighted by Gasteiger charge is 2.36. The van der Waals surface area contributed by atoms with Crippen LogP contribution in [0.2, 0.25) is 0 Å². The van der Waals surface area contributed by atoms with Gasteiger partial charge in [0, 0.05) is 12.6 Å². The lowest BCUT2D eigenvalue weighted by molar-refractivity contribution is -0.144. The van der Waals surface area contributed by atoms with Crippen LogP contribution in [0.3, 0.4) is 0 Å². The fraction of sp³-hybridized carbons (Fsp3) is 0.692. The Balaban J connectivity index is 2.11. The quantitative estimate of drug-likeness (QED) is 0.890. The van der Waals surface area contributed by atoms with Crippen molar-refractivity contribution in [1.29, 1.82) is 0 Å². The van der Waals surface area contributed by atoms with Gasteiger partial charge in [-0.3, -0.25) is 0 Å². The third kappa shape index (κ3) is 3.32. The van der Waals surface area contributed by atoms with Gasteiger partial charge in [0.15, 0.2) is 0 Å². The zero-order valence-electron chi connectivity index (χ0n) is 11.4. The highest BCUT2D eigenvalue weighted by molar-refractivity contribution is 5.45. The average Bonchev–Trinajstić information content (AvgIpc) is 2.84. The predicted octanol–water partition coefficient (Wildman–Crippen LogP) is 3.46. The summed E-state index contributed by atoms with van der Waals surface area (Å²) in [5.41, 5.74) is 5.58. The van der Waals surface area contributed by atoms with Crippen molar-refractivity contribution < 1.29 is 13.2 Å². The van der Waals surface area contributed by atoms with E-state index in [0.29, 0.717) is 6.54 Å². The molecule has 0 atom stereocenters. The van der Waals surface area contributed by atoms with Crippen LogP contribution in [0.1, 0.15) is 44.9 Å². The van der Waals surface area contributed by atoms with E-state index in [1.165, 1.54) is 18.9 Å². The molecule has 0 aliphatic heterocycles. The molecule has 7 heteroatoms. The monoisotopic (exact) mass is 288 g/mol. The maximum Gasteiger partial charge on any atom is 0.451 e. The number of nitrogen functional groups attached to an aromatic ring is 1. The average molecular weight is 288 g/mol. The Morgan fingerprint density at radius 2 is 1.95 bits per heavy atom. The first-order valence-corrected chi connectivity index (χ1v) is 6.80. The molecular formula is C13H19F3N4. The normalized spacial score (nSPS) is 18.2. The molecule has 1 aliphatic rings. The van der Waals surface area contributed by atoms with Crippen LogP contribution >= 0.6 is 0 Å². The first kappa shape index (κ1) is 14.9. The van der Waals surface area contributed by atoms with Gasteiger partial charge in [-0.15, -0.1) is 0 Å². The second-order valence-corrected chi connectivity index (χ2v) is 5.41. The van der Waals surface area contributed by atoms with Crippen LogP contribution < -0.4 is 11.1 Å². The smallest absolute Gasteiger partial charge is 0.384 e. The molecule has 2 rings (SSSR count). The number of anilines is 2. The van der Waals surface area contributed by atoms with E-state index >= 15 is 0 Å². The molecule has 1 fully saturated rings. The fourth-order valence-electron chi connectivity index (χ4n) is 2.74. The van der Waals surface area contributed by atoms with Crippen molar-refractivity contribution in [2.24, 2.45) is 5.41 Å². The molecule has 1 aromatic rings. The number of alkyl halides is 3. The van der Waals surface area contributed by atoms with E-state index in [4.69, 9.17) is 5.73 Å². The molecule has 4 nitrogen and oxygen atoms in total. The van der Waals surface area contributed by atoms with Gasteiger partial charge in [-0.25, -0.2) is 9.97 Å². The van der Waals surface area contributed by atoms with Crippen LogP contribution in [-0.2, 0) is 6.18 Å². The third-order valence-electron chi connectivity index (χ3n) is 4.06. The maximum absolute atomic E-state index is 12.6. The minimum Gasteiger partial charge on any atom is -0.384 e. The van der Waals surface area contributed by atoms with Crippen molar-refractivity contribution in [1.82, 2.24) is 9.97 Å². The Morgan fingerprint density at radius 3 is 2.50 bits per heavy atom. The molecule has 0 bridgehead atoms. The van der Waals surface area contributed by atoms with Gasteiger partial charge in [0.25, 0.3) is 0 Å². The van der Waals surface area contributed by atoms with E-state index in [2.05, 4.69) is 22.2 Å². The van der Waals surface area contributed by atoms with Gasteiger partial charge in [0.2, 0.25) is 5.82 Å². The van der Waals surface area contributed by atoms with Crippen LogP contribution in [0.5, 0.6) is 0 Å². The van der Waals surface area contributed by atoms with Crippen molar-refractivity contribution in [3.8, 4) is 0 Å². The molecule has 0 radical (unpaired) electrons. The zero-order valence-corrected chi connectivity index (χ0v) is 11.4. The van der Waals surface area contributed by atoms with Gasteiger partial charge < -0.3 is 11.1 Å². The number of hydrogen-bond donors (Lipinski definition) is 2. The molecule has 0 spiro atoms. The van der Waals surface area contributed by atoms with Gasteiger partial charge in [-0.2, -0.15) is 13.2 Å². The number of nitrogens with zero attached hydrogens (tertiary/aromatic N) is 2. The minimum absolute atomic E-state index is 0.143. The molecular weight excluding hydrogens is 269 g/mol. The van der Waals surface area contributed by atoms with Crippen LogP contribution in [0.4, 0.5) is 24.8 Å². The van der Waals surface area contributed by atoms with E-state index in [1.807, 2.05) is 0 Å². The third-order valence-corrected chi connectivity index (χ3v) is 4.06. The molecule has 0 amide bonds. The fourth-order valence-corrected chi connectivity index (χ4v) is 2.74. The molecule has 0 aromatic carbocycles. The topological polar surface area (TPSA) is 63.8 Å². The summed E-state index contributed by atoms with van der Waals surface area (Å²) in [7, 11) is 0. The summed E-state index contributed by atoms with van der Waals surface area (Å²) in [6.07, 6.45) is 0.977. The standard InChI is InChI=1S/C13H19F3N4/c1-2-12(5-3-4-6-12)8-18-10-7-9(17)19-11(20-10)13(14,15)16/h7H,2-6,8H2,1H3,(H3,17,18,19,20). The number of aromatic nitrogens is 2. The summed E-state index contributed by atoms with van der Waals surface area (Å²) in [5, 5.41) is 3.00. The van der Waals surface area contributed by atoms with E-state index in [9.17, 15) is 13.2 Å². The number of rotatable bonds is 4. The summed E-state index contributed by atoms with van der Waals surface area (Å²) < 4.78 is 37.9. The Kier molecular flexibility index (Phi) is 4.06. The lowest BCUT2D eigenvalue weighted by atomic mass is 9.83. The Labute approximate surface area is 116 Å². The largest absolute Gasteiger partial charge is 0.451 e. The molecule has 1 aromatic heterocycles. The van der Waals surface area contributed by atoms with Gasteiger partial charge in [-0.05, 0) is 24.7 Å². The Bertz CT molecular complexity index is 467. The van der Waals surface area contributed by atoms with Crippen molar-refractivity contribution in [2.45, 2.75) is 45.2 Å². The predicted molar refractivity (Wildman–Crippen MR) is 71.1 cm³/mol. The summed E-state index contributed by atoms with van der Waals surface area (Å²) in [4.78, 5) is 6.73. The van der Waals surface area contributed by atoms with Gasteiger partial charge in [-0.1, -0.05) is 19.8 Å². The van der Waals surface area contributed by atoms with Crippen LogP contribution in [0.15, 0.2) is 6.07 Å². The van der Waals surface area contributed by atoms with Gasteiger partial charge in [0.05, 0.1) is 0 Å². The van der Waals surface area contributed by atoms with Crippen LogP contribution in [0, 0.1) is 5.41 Å². The van der Waals surface area contributed by atoms with Gasteiger partial charge >= 0.3 is 6.18 Å². The maximum atomic E-state index is 12.6. The summed E-state index contributed by atoms with van der Waals surface area (Å²) in [6, 6.07) is 1.34. The van der Waals surface area contributed by atoms with E-state index < -0.39 is 12.0 Å². The molecule has 1 saturated carbocycles. The molecule has 0 saturated heterocycles. The summed E-state index contributed by atoms with van der Waals surface area (Å²) >= 11 is 0. The molecule has 0 unspecified atom stereocenters. The Hall–Kier alpha value is -1.53. The first-order chi connectivity index (χ1) is 9.35. The SMILES string of the molecule is CCC1(CNc2cc(N)nc(C(F)(F)F)n2)CCCC1. The number of hydrogen-bond acceptors (Lipinski definition) is 4. The highest BCUT2D eigenvalue weighted by Crippen LogP contribution is 2.41. The lowest BCUT2D eigenvalue weighted by Crippen LogP contribution is -2.26. The van der Waals surface area contributed by atoms with Crippen molar-refractivity contribution in [3.63, 3.8) is 0 Å². The molecule has 112 valence electrons. The van der Waals surface area contributed by atoms with Crippen molar-refractivity contribution >= 4 is 11.6 Å². The molecule has 1 heterocycles. The van der Waals surface area contributed by atoms with Gasteiger partial charge in [0.1, 0.15) is 11.6 Å². The number of halogens is 3. The molecule has 1 aliphatic carbocycles. The summed E-state index contributed by atoms with van der Waals surface area (Å²) in [5.74, 6) is -1.23. The Morgan fingerprint density at radius 1 is 1.30 bits per heavy atom. The first-order valence-electron chi connectivity index (χ1n) is 6.80. The molecule has 20 heavy (non-hydrogen) atoms. The number of nitrogens with two attached hydrogens (primary N) is 1. The lowest BCUT2D eigenvalue weighted by Gasteiger charge is -2.28. The number of nitrogens with one attached hydrogen (secondary N) is 1. The van der Waals surface area contributed by atoms with Crippen LogP contribution in [0.25, 0.3) is 0 Å². The molecule has 3 N–H and O–H groups in total. The van der Waals surface area contributed by atoms with Crippen LogP contribution in [-0.4, -0.2) is 16.5 Å². The van der Waals surface area contributed by atoms with Crippen molar-refractivity contribution in [3.05, 3.63) is 11.9 Å². The minimum atomic E-state index is -4.58. The van der Waals surface area contributed by atoms with Crippen molar-refractivity contribution in [2.75, 3.05) is 17.6 Å². The van der Waals surface area contributed by atoms with E-state index in [0.717, 1.165) is 19.3 Å². The van der Waals surface area contributed by atoms with E-state index in [-0.39, 0.29) is 17.1 Å². The second-order valence-electron chi connectivity index (χ2n) is 5.41. The highest BCUT2D eigenvalue weighted by atomic mass is 19.4. The van der Waals surface area contributed by atoms with E-state index in [1.54, 1.807) is 0 Å². The summed E-state index contributed by atoms with van der Waals surface area (Å²) in [6.45, 7) is 2.74. The zero-order chi connectivity index (χ0) is 14.8.